The summed E-state index contributed by atoms with van der Waals surface area (Å²) in [4.78, 5) is 13.1. The molecule has 72 valence electrons. The average Bonchev–Trinajstić information content (AvgIpc) is 2.43. The standard InChI is InChI=1S/C7H12N4OS/c1-2-11-4-3-5(6(11)12)9-10-7(8)13/h2-4H2,1H3,(H3,8,10,13). The zero-order chi connectivity index (χ0) is 9.84. The second kappa shape index (κ2) is 4.18. The summed E-state index contributed by atoms with van der Waals surface area (Å²) >= 11 is 4.56. The number of hydrazone groups is 1. The molecule has 1 fully saturated rings. The fraction of sp³-hybridized carbons (Fsp3) is 0.571. The van der Waals surface area contributed by atoms with Crippen LogP contribution in [0, 0.1) is 0 Å². The maximum absolute atomic E-state index is 11.4. The fourth-order valence-electron chi connectivity index (χ4n) is 1.16. The smallest absolute Gasteiger partial charge is 0.270 e. The van der Waals surface area contributed by atoms with E-state index in [0.717, 1.165) is 6.54 Å². The van der Waals surface area contributed by atoms with E-state index in [-0.39, 0.29) is 11.0 Å². The number of likely N-dealkylation sites (tertiary alicyclic amines) is 1. The van der Waals surface area contributed by atoms with Crippen LogP contribution in [0.2, 0.25) is 0 Å². The number of carbonyl (C=O) groups excluding carboxylic acids is 1. The first-order chi connectivity index (χ1) is 6.15. The van der Waals surface area contributed by atoms with Crippen molar-refractivity contribution in [3.8, 4) is 0 Å². The first-order valence-corrected chi connectivity index (χ1v) is 4.47. The van der Waals surface area contributed by atoms with Crippen molar-refractivity contribution >= 4 is 28.9 Å². The molecule has 0 unspecified atom stereocenters. The predicted octanol–water partition coefficient (Wildman–Crippen LogP) is -0.572. The third-order valence-corrected chi connectivity index (χ3v) is 1.93. The van der Waals surface area contributed by atoms with Gasteiger partial charge in [-0.2, -0.15) is 5.10 Å². The van der Waals surface area contributed by atoms with Crippen LogP contribution in [0.25, 0.3) is 0 Å². The summed E-state index contributed by atoms with van der Waals surface area (Å²) in [5.41, 5.74) is 8.08. The third kappa shape index (κ3) is 2.38. The maximum Gasteiger partial charge on any atom is 0.270 e. The molecule has 3 N–H and O–H groups in total. The number of nitrogens with two attached hydrogens (primary N) is 1. The Balaban J connectivity index is 2.59. The van der Waals surface area contributed by atoms with E-state index >= 15 is 0 Å². The quantitative estimate of drug-likeness (QED) is 0.462. The van der Waals surface area contributed by atoms with Crippen LogP contribution in [-0.4, -0.2) is 34.7 Å². The minimum atomic E-state index is -0.0359. The molecule has 5 nitrogen and oxygen atoms in total. The van der Waals surface area contributed by atoms with Gasteiger partial charge in [-0.3, -0.25) is 10.2 Å². The summed E-state index contributed by atoms with van der Waals surface area (Å²) in [7, 11) is 0. The molecule has 0 aromatic heterocycles. The van der Waals surface area contributed by atoms with Gasteiger partial charge in [-0.15, -0.1) is 0 Å². The van der Waals surface area contributed by atoms with Crippen molar-refractivity contribution in [2.45, 2.75) is 13.3 Å². The summed E-state index contributed by atoms with van der Waals surface area (Å²) in [6.45, 7) is 3.37. The molecule has 0 atom stereocenters. The van der Waals surface area contributed by atoms with Gasteiger partial charge in [0, 0.05) is 19.5 Å². The van der Waals surface area contributed by atoms with Gasteiger partial charge in [-0.05, 0) is 19.1 Å². The van der Waals surface area contributed by atoms with Crippen LogP contribution in [0.4, 0.5) is 0 Å². The van der Waals surface area contributed by atoms with Crippen LogP contribution in [0.15, 0.2) is 5.10 Å². The SMILES string of the molecule is CCN1CCC(=NNC(N)=S)C1=O. The van der Waals surface area contributed by atoms with Gasteiger partial charge in [0.1, 0.15) is 5.71 Å². The highest BCUT2D eigenvalue weighted by Gasteiger charge is 2.25. The van der Waals surface area contributed by atoms with Crippen LogP contribution in [0.1, 0.15) is 13.3 Å². The first-order valence-electron chi connectivity index (χ1n) is 4.06. The third-order valence-electron chi connectivity index (χ3n) is 1.84. The molecule has 0 radical (unpaired) electrons. The summed E-state index contributed by atoms with van der Waals surface area (Å²) in [6.07, 6.45) is 0.655. The Bertz CT molecular complexity index is 263. The van der Waals surface area contributed by atoms with E-state index in [2.05, 4.69) is 22.7 Å². The summed E-state index contributed by atoms with van der Waals surface area (Å²) < 4.78 is 0. The molecule has 6 heteroatoms. The summed E-state index contributed by atoms with van der Waals surface area (Å²) in [5, 5.41) is 3.89. The van der Waals surface area contributed by atoms with Gasteiger partial charge in [-0.1, -0.05) is 0 Å². The fourth-order valence-corrected chi connectivity index (χ4v) is 1.21. The van der Waals surface area contributed by atoms with Crippen molar-refractivity contribution in [2.24, 2.45) is 10.8 Å². The Hall–Kier alpha value is -1.17. The summed E-state index contributed by atoms with van der Waals surface area (Å²) in [5.74, 6) is -0.0359. The van der Waals surface area contributed by atoms with E-state index in [1.54, 1.807) is 4.90 Å². The Morgan fingerprint density at radius 1 is 1.85 bits per heavy atom. The van der Waals surface area contributed by atoms with E-state index in [4.69, 9.17) is 5.73 Å². The van der Waals surface area contributed by atoms with Crippen molar-refractivity contribution in [1.29, 1.82) is 0 Å². The van der Waals surface area contributed by atoms with E-state index in [0.29, 0.717) is 18.7 Å². The summed E-state index contributed by atoms with van der Waals surface area (Å²) in [6, 6.07) is 0. The Morgan fingerprint density at radius 2 is 2.54 bits per heavy atom. The second-order valence-electron chi connectivity index (χ2n) is 2.67. The topological polar surface area (TPSA) is 70.7 Å². The number of nitrogens with zero attached hydrogens (tertiary/aromatic N) is 2. The molecule has 1 heterocycles. The van der Waals surface area contributed by atoms with Crippen LogP contribution < -0.4 is 11.2 Å². The largest absolute Gasteiger partial charge is 0.375 e. The molecular weight excluding hydrogens is 188 g/mol. The van der Waals surface area contributed by atoms with Gasteiger partial charge < -0.3 is 10.6 Å². The average molecular weight is 200 g/mol. The zero-order valence-electron chi connectivity index (χ0n) is 7.41. The van der Waals surface area contributed by atoms with Crippen LogP contribution >= 0.6 is 12.2 Å². The molecule has 13 heavy (non-hydrogen) atoms. The monoisotopic (exact) mass is 200 g/mol. The molecule has 0 saturated carbocycles. The highest BCUT2D eigenvalue weighted by atomic mass is 32.1. The number of thiocarbonyl (C=S) groups is 1. The molecule has 1 aliphatic heterocycles. The number of carbonyl (C=O) groups is 1. The lowest BCUT2D eigenvalue weighted by Crippen LogP contribution is -2.30. The molecule has 1 saturated heterocycles. The number of amides is 1. The van der Waals surface area contributed by atoms with Gasteiger partial charge in [0.05, 0.1) is 0 Å². The Kier molecular flexibility index (Phi) is 3.18. The number of hydrogen-bond acceptors (Lipinski definition) is 3. The van der Waals surface area contributed by atoms with Gasteiger partial charge in [0.25, 0.3) is 5.91 Å². The van der Waals surface area contributed by atoms with Crippen molar-refractivity contribution in [3.05, 3.63) is 0 Å². The van der Waals surface area contributed by atoms with Gasteiger partial charge >= 0.3 is 0 Å². The normalized spacial score (nSPS) is 19.6. The molecule has 0 spiro atoms. The maximum atomic E-state index is 11.4. The molecule has 0 aliphatic carbocycles. The molecule has 1 aliphatic rings. The first kappa shape index (κ1) is 9.91. The van der Waals surface area contributed by atoms with Crippen molar-refractivity contribution in [1.82, 2.24) is 10.3 Å². The van der Waals surface area contributed by atoms with E-state index in [9.17, 15) is 4.79 Å². The number of rotatable bonds is 2. The molecule has 0 bridgehead atoms. The minimum absolute atomic E-state index is 0.0359. The van der Waals surface area contributed by atoms with Gasteiger partial charge in [0.15, 0.2) is 5.11 Å². The molecular formula is C7H12N4OS. The van der Waals surface area contributed by atoms with Crippen LogP contribution in [-0.2, 0) is 4.79 Å². The molecule has 0 aromatic rings. The highest BCUT2D eigenvalue weighted by molar-refractivity contribution is 7.80. The number of nitrogens with one attached hydrogen (secondary N) is 1. The van der Waals surface area contributed by atoms with Crippen molar-refractivity contribution in [3.63, 3.8) is 0 Å². The lowest BCUT2D eigenvalue weighted by Gasteiger charge is -2.09. The molecule has 1 amide bonds. The van der Waals surface area contributed by atoms with E-state index < -0.39 is 0 Å². The van der Waals surface area contributed by atoms with Gasteiger partial charge in [0.2, 0.25) is 0 Å². The lowest BCUT2D eigenvalue weighted by molar-refractivity contribution is -0.122. The molecule has 1 rings (SSSR count). The highest BCUT2D eigenvalue weighted by Crippen LogP contribution is 2.06. The lowest BCUT2D eigenvalue weighted by atomic mass is 10.3. The zero-order valence-corrected chi connectivity index (χ0v) is 8.23. The molecule has 0 aromatic carbocycles. The van der Waals surface area contributed by atoms with Gasteiger partial charge in [-0.25, -0.2) is 0 Å². The van der Waals surface area contributed by atoms with Crippen LogP contribution in [0.3, 0.4) is 0 Å². The van der Waals surface area contributed by atoms with Crippen molar-refractivity contribution < 1.29 is 4.79 Å². The minimum Gasteiger partial charge on any atom is -0.375 e. The van der Waals surface area contributed by atoms with Crippen molar-refractivity contribution in [2.75, 3.05) is 13.1 Å². The van der Waals surface area contributed by atoms with E-state index in [1.165, 1.54) is 0 Å². The second-order valence-corrected chi connectivity index (χ2v) is 3.11. The predicted molar refractivity (Wildman–Crippen MR) is 54.2 cm³/mol. The number of hydrogen-bond donors (Lipinski definition) is 2. The Morgan fingerprint density at radius 3 is 3.00 bits per heavy atom. The van der Waals surface area contributed by atoms with Crippen LogP contribution in [0.5, 0.6) is 0 Å². The Labute approximate surface area is 82.0 Å². The van der Waals surface area contributed by atoms with E-state index in [1.807, 2.05) is 6.92 Å².